The first-order valence-electron chi connectivity index (χ1n) is 7.31. The number of methoxy groups -OCH3 is 1. The predicted molar refractivity (Wildman–Crippen MR) is 97.8 cm³/mol. The molecule has 1 N–H and O–H groups in total. The number of benzene rings is 2. The maximum atomic E-state index is 14.2. The van der Waals surface area contributed by atoms with Crippen LogP contribution in [0.25, 0.3) is 10.1 Å². The van der Waals surface area contributed by atoms with Crippen LogP contribution < -0.4 is 5.32 Å². The molecule has 0 radical (unpaired) electrons. The Kier molecular flexibility index (Phi) is 5.28. The molecule has 0 aliphatic heterocycles. The number of rotatable bonds is 5. The molecule has 0 bridgehead atoms. The highest BCUT2D eigenvalue weighted by Crippen LogP contribution is 2.33. The summed E-state index contributed by atoms with van der Waals surface area (Å²) >= 11 is 4.69. The van der Waals surface area contributed by atoms with Crippen molar-refractivity contribution in [3.05, 3.63) is 68.8 Å². The fraction of sp³-hybridized carbons (Fsp3) is 0.167. The highest BCUT2D eigenvalue weighted by Gasteiger charge is 2.20. The number of ether oxygens (including phenoxy) is 1. The van der Waals surface area contributed by atoms with E-state index in [2.05, 4.69) is 21.2 Å². The van der Waals surface area contributed by atoms with E-state index in [1.165, 1.54) is 24.5 Å². The van der Waals surface area contributed by atoms with Crippen LogP contribution in [0, 0.1) is 5.82 Å². The average molecular weight is 408 g/mol. The standard InChI is InChI=1S/C18H15BrFNO2S/c1-23-10-13-16-14(20)6-3-7-15(16)24-17(13)18(22)21-9-11-4-2-5-12(19)8-11/h2-8H,9-10H2,1H3,(H,21,22). The van der Waals surface area contributed by atoms with E-state index in [1.54, 1.807) is 6.07 Å². The third-order valence-electron chi connectivity index (χ3n) is 3.60. The summed E-state index contributed by atoms with van der Waals surface area (Å²) in [5.74, 6) is -0.551. The van der Waals surface area contributed by atoms with Gasteiger partial charge in [0.05, 0.1) is 11.5 Å². The number of hydrogen-bond acceptors (Lipinski definition) is 3. The second kappa shape index (κ2) is 7.42. The molecule has 3 aromatic rings. The Morgan fingerprint density at radius 1 is 1.29 bits per heavy atom. The van der Waals surface area contributed by atoms with E-state index in [-0.39, 0.29) is 18.3 Å². The summed E-state index contributed by atoms with van der Waals surface area (Å²) in [4.78, 5) is 13.1. The van der Waals surface area contributed by atoms with Gasteiger partial charge in [-0.1, -0.05) is 34.1 Å². The molecule has 0 atom stereocenters. The van der Waals surface area contributed by atoms with Gasteiger partial charge in [0.15, 0.2) is 0 Å². The molecule has 0 aliphatic rings. The van der Waals surface area contributed by atoms with Gasteiger partial charge in [-0.3, -0.25) is 4.79 Å². The lowest BCUT2D eigenvalue weighted by Crippen LogP contribution is -2.23. The molecule has 3 nitrogen and oxygen atoms in total. The van der Waals surface area contributed by atoms with Crippen molar-refractivity contribution in [1.29, 1.82) is 0 Å². The first-order valence-corrected chi connectivity index (χ1v) is 8.92. The summed E-state index contributed by atoms with van der Waals surface area (Å²) in [5, 5.41) is 3.36. The predicted octanol–water partition coefficient (Wildman–Crippen LogP) is 4.88. The summed E-state index contributed by atoms with van der Waals surface area (Å²) in [5.41, 5.74) is 1.58. The Morgan fingerprint density at radius 2 is 2.08 bits per heavy atom. The van der Waals surface area contributed by atoms with Crippen LogP contribution in [-0.2, 0) is 17.9 Å². The number of carbonyl (C=O) groups excluding carboxylic acids is 1. The van der Waals surface area contributed by atoms with E-state index in [4.69, 9.17) is 4.74 Å². The number of thiophene rings is 1. The van der Waals surface area contributed by atoms with Crippen molar-refractivity contribution in [2.75, 3.05) is 7.11 Å². The Bertz CT molecular complexity index is 894. The Hall–Kier alpha value is -1.76. The monoisotopic (exact) mass is 407 g/mol. The van der Waals surface area contributed by atoms with Crippen molar-refractivity contribution in [2.24, 2.45) is 0 Å². The number of fused-ring (bicyclic) bond motifs is 1. The number of hydrogen-bond donors (Lipinski definition) is 1. The number of halogens is 2. The molecule has 6 heteroatoms. The minimum Gasteiger partial charge on any atom is -0.380 e. The van der Waals surface area contributed by atoms with Crippen LogP contribution in [0.15, 0.2) is 46.9 Å². The van der Waals surface area contributed by atoms with Crippen LogP contribution >= 0.6 is 27.3 Å². The smallest absolute Gasteiger partial charge is 0.262 e. The Balaban J connectivity index is 1.89. The lowest BCUT2D eigenvalue weighted by Gasteiger charge is -2.07. The van der Waals surface area contributed by atoms with Gasteiger partial charge in [-0.2, -0.15) is 0 Å². The van der Waals surface area contributed by atoms with Crippen LogP contribution in [0.4, 0.5) is 4.39 Å². The van der Waals surface area contributed by atoms with Crippen LogP contribution in [0.5, 0.6) is 0 Å². The first kappa shape index (κ1) is 17.1. The van der Waals surface area contributed by atoms with E-state index in [1.807, 2.05) is 30.3 Å². The average Bonchev–Trinajstić information content (AvgIpc) is 2.93. The molecule has 2 aromatic carbocycles. The molecule has 0 saturated heterocycles. The summed E-state index contributed by atoms with van der Waals surface area (Å²) in [7, 11) is 1.54. The second-order valence-corrected chi connectivity index (χ2v) is 7.24. The van der Waals surface area contributed by atoms with Gasteiger partial charge >= 0.3 is 0 Å². The van der Waals surface area contributed by atoms with Gasteiger partial charge in [0, 0.05) is 33.8 Å². The highest BCUT2D eigenvalue weighted by molar-refractivity contribution is 9.10. The van der Waals surface area contributed by atoms with E-state index < -0.39 is 0 Å². The van der Waals surface area contributed by atoms with Crippen molar-refractivity contribution in [2.45, 2.75) is 13.2 Å². The molecule has 0 aliphatic carbocycles. The number of amides is 1. The molecule has 1 aromatic heterocycles. The molecular formula is C18H15BrFNO2S. The number of carbonyl (C=O) groups is 1. The quantitative estimate of drug-likeness (QED) is 0.654. The molecule has 124 valence electrons. The largest absolute Gasteiger partial charge is 0.380 e. The van der Waals surface area contributed by atoms with Gasteiger partial charge in [0.1, 0.15) is 5.82 Å². The van der Waals surface area contributed by atoms with Gasteiger partial charge in [-0.05, 0) is 29.8 Å². The third-order valence-corrected chi connectivity index (χ3v) is 5.29. The molecule has 24 heavy (non-hydrogen) atoms. The SMILES string of the molecule is COCc1c(C(=O)NCc2cccc(Br)c2)sc2cccc(F)c12. The van der Waals surface area contributed by atoms with E-state index in [9.17, 15) is 9.18 Å². The van der Waals surface area contributed by atoms with E-state index >= 15 is 0 Å². The molecule has 1 heterocycles. The normalized spacial score (nSPS) is 11.0. The third kappa shape index (κ3) is 3.50. The van der Waals surface area contributed by atoms with Gasteiger partial charge in [0.2, 0.25) is 0 Å². The summed E-state index contributed by atoms with van der Waals surface area (Å²) in [6.07, 6.45) is 0. The molecule has 0 saturated carbocycles. The first-order chi connectivity index (χ1) is 11.6. The Labute approximate surface area is 151 Å². The van der Waals surface area contributed by atoms with Gasteiger partial charge in [0.25, 0.3) is 5.91 Å². The zero-order chi connectivity index (χ0) is 17.1. The molecular weight excluding hydrogens is 393 g/mol. The fourth-order valence-corrected chi connectivity index (χ4v) is 4.13. The second-order valence-electron chi connectivity index (χ2n) is 5.27. The minimum atomic E-state index is -0.332. The van der Waals surface area contributed by atoms with E-state index in [0.29, 0.717) is 22.4 Å². The zero-order valence-corrected chi connectivity index (χ0v) is 15.3. The van der Waals surface area contributed by atoms with Crippen LogP contribution in [0.3, 0.4) is 0 Å². The summed E-state index contributed by atoms with van der Waals surface area (Å²) in [6.45, 7) is 0.599. The van der Waals surface area contributed by atoms with Gasteiger partial charge in [-0.25, -0.2) is 4.39 Å². The van der Waals surface area contributed by atoms with Gasteiger partial charge < -0.3 is 10.1 Å². The molecule has 0 spiro atoms. The minimum absolute atomic E-state index is 0.195. The topological polar surface area (TPSA) is 38.3 Å². The fourth-order valence-electron chi connectivity index (χ4n) is 2.54. The lowest BCUT2D eigenvalue weighted by atomic mass is 10.1. The Morgan fingerprint density at radius 3 is 2.83 bits per heavy atom. The van der Waals surface area contributed by atoms with Crippen molar-refractivity contribution < 1.29 is 13.9 Å². The zero-order valence-electron chi connectivity index (χ0n) is 12.9. The maximum Gasteiger partial charge on any atom is 0.262 e. The lowest BCUT2D eigenvalue weighted by molar-refractivity contribution is 0.0950. The number of nitrogens with one attached hydrogen (secondary N) is 1. The van der Waals surface area contributed by atoms with Crippen LogP contribution in [-0.4, -0.2) is 13.0 Å². The van der Waals surface area contributed by atoms with Crippen molar-refractivity contribution in [1.82, 2.24) is 5.32 Å². The van der Waals surface area contributed by atoms with Crippen molar-refractivity contribution >= 4 is 43.3 Å². The van der Waals surface area contributed by atoms with Crippen LogP contribution in [0.1, 0.15) is 20.8 Å². The molecule has 0 unspecified atom stereocenters. The molecule has 1 amide bonds. The highest BCUT2D eigenvalue weighted by atomic mass is 79.9. The van der Waals surface area contributed by atoms with Gasteiger partial charge in [-0.15, -0.1) is 11.3 Å². The van der Waals surface area contributed by atoms with Crippen molar-refractivity contribution in [3.63, 3.8) is 0 Å². The maximum absolute atomic E-state index is 14.2. The van der Waals surface area contributed by atoms with E-state index in [0.717, 1.165) is 14.7 Å². The van der Waals surface area contributed by atoms with Crippen molar-refractivity contribution in [3.8, 4) is 0 Å². The molecule has 0 fully saturated rings. The van der Waals surface area contributed by atoms with Crippen LogP contribution in [0.2, 0.25) is 0 Å². The summed E-state index contributed by atoms with van der Waals surface area (Å²) < 4.78 is 21.0. The molecule has 3 rings (SSSR count). The summed E-state index contributed by atoms with van der Waals surface area (Å²) in [6, 6.07) is 12.6.